The van der Waals surface area contributed by atoms with Gasteiger partial charge in [-0.2, -0.15) is 0 Å². The van der Waals surface area contributed by atoms with E-state index in [1.54, 1.807) is 20.4 Å². The van der Waals surface area contributed by atoms with Crippen molar-refractivity contribution in [3.8, 4) is 5.75 Å². The van der Waals surface area contributed by atoms with Gasteiger partial charge in [-0.3, -0.25) is 4.98 Å². The summed E-state index contributed by atoms with van der Waals surface area (Å²) in [5.74, 6) is 0.797. The minimum absolute atomic E-state index is 0.257. The van der Waals surface area contributed by atoms with E-state index in [4.69, 9.17) is 9.47 Å². The first-order chi connectivity index (χ1) is 9.78. The number of carbonyl (C=O) groups excluding carboxylic acids is 1. The summed E-state index contributed by atoms with van der Waals surface area (Å²) in [5.41, 5.74) is 2.71. The first-order valence-electron chi connectivity index (χ1n) is 6.33. The second-order valence-corrected chi connectivity index (χ2v) is 4.35. The molecular formula is C16H17NO3. The predicted molar refractivity (Wildman–Crippen MR) is 75.9 cm³/mol. The van der Waals surface area contributed by atoms with E-state index in [1.807, 2.05) is 36.4 Å². The summed E-state index contributed by atoms with van der Waals surface area (Å²) in [7, 11) is 3.27. The molecule has 0 fully saturated rings. The standard InChI is InChI=1S/C16H17NO3/c1-19-14-5-3-13(4-6-14)16(20-2)15-11-12(8-10-18)7-9-17-15/h3-7,9-11,16H,8H2,1-2H3. The van der Waals surface area contributed by atoms with Crippen LogP contribution in [0.3, 0.4) is 0 Å². The first kappa shape index (κ1) is 14.2. The van der Waals surface area contributed by atoms with Gasteiger partial charge in [-0.15, -0.1) is 0 Å². The molecule has 0 aliphatic heterocycles. The van der Waals surface area contributed by atoms with Crippen LogP contribution in [0.5, 0.6) is 5.75 Å². The molecule has 0 radical (unpaired) electrons. The molecule has 4 nitrogen and oxygen atoms in total. The zero-order chi connectivity index (χ0) is 14.4. The van der Waals surface area contributed by atoms with Crippen molar-refractivity contribution in [2.45, 2.75) is 12.5 Å². The lowest BCUT2D eigenvalue weighted by Crippen LogP contribution is -2.06. The molecule has 104 valence electrons. The minimum atomic E-state index is -0.257. The highest BCUT2D eigenvalue weighted by atomic mass is 16.5. The molecule has 1 atom stereocenters. The molecule has 0 N–H and O–H groups in total. The number of ether oxygens (including phenoxy) is 2. The molecule has 0 saturated carbocycles. The number of aldehydes is 1. The maximum absolute atomic E-state index is 10.6. The van der Waals surface area contributed by atoms with Crippen molar-refractivity contribution in [2.75, 3.05) is 14.2 Å². The molecule has 1 heterocycles. The van der Waals surface area contributed by atoms with Crippen LogP contribution in [0.15, 0.2) is 42.6 Å². The third kappa shape index (κ3) is 3.22. The van der Waals surface area contributed by atoms with Gasteiger partial charge in [0.1, 0.15) is 18.1 Å². The van der Waals surface area contributed by atoms with E-state index in [2.05, 4.69) is 4.98 Å². The average Bonchev–Trinajstić information content (AvgIpc) is 2.49. The number of benzene rings is 1. The second kappa shape index (κ2) is 6.82. The van der Waals surface area contributed by atoms with Crippen molar-refractivity contribution in [2.24, 2.45) is 0 Å². The predicted octanol–water partition coefficient (Wildman–Crippen LogP) is 2.57. The lowest BCUT2D eigenvalue weighted by molar-refractivity contribution is -0.107. The molecule has 20 heavy (non-hydrogen) atoms. The molecule has 1 unspecified atom stereocenters. The van der Waals surface area contributed by atoms with Gasteiger partial charge in [0.15, 0.2) is 0 Å². The third-order valence-electron chi connectivity index (χ3n) is 3.09. The van der Waals surface area contributed by atoms with Gasteiger partial charge < -0.3 is 14.3 Å². The van der Waals surface area contributed by atoms with Crippen LogP contribution in [0, 0.1) is 0 Å². The van der Waals surface area contributed by atoms with Crippen LogP contribution < -0.4 is 4.74 Å². The van der Waals surface area contributed by atoms with Gasteiger partial charge in [0.2, 0.25) is 0 Å². The Kier molecular flexibility index (Phi) is 4.85. The molecule has 0 spiro atoms. The maximum atomic E-state index is 10.6. The molecule has 2 aromatic rings. The van der Waals surface area contributed by atoms with Crippen molar-refractivity contribution in [3.63, 3.8) is 0 Å². The van der Waals surface area contributed by atoms with Gasteiger partial charge in [-0.05, 0) is 35.4 Å². The summed E-state index contributed by atoms with van der Waals surface area (Å²) >= 11 is 0. The number of carbonyl (C=O) groups is 1. The number of hydrogen-bond donors (Lipinski definition) is 0. The number of rotatable bonds is 6. The zero-order valence-corrected chi connectivity index (χ0v) is 11.6. The molecule has 1 aromatic carbocycles. The van der Waals surface area contributed by atoms with Crippen molar-refractivity contribution >= 4 is 6.29 Å². The van der Waals surface area contributed by atoms with Gasteiger partial charge in [-0.1, -0.05) is 12.1 Å². The SMILES string of the molecule is COc1ccc(C(OC)c2cc(CC=O)ccn2)cc1. The van der Waals surface area contributed by atoms with Gasteiger partial charge in [0, 0.05) is 19.7 Å². The highest BCUT2D eigenvalue weighted by Crippen LogP contribution is 2.26. The summed E-state index contributed by atoms with van der Waals surface area (Å²) in [6, 6.07) is 11.4. The van der Waals surface area contributed by atoms with E-state index < -0.39 is 0 Å². The Bertz CT molecular complexity index is 566. The fraction of sp³-hybridized carbons (Fsp3) is 0.250. The molecule has 0 amide bonds. The summed E-state index contributed by atoms with van der Waals surface area (Å²) in [6.45, 7) is 0. The fourth-order valence-electron chi connectivity index (χ4n) is 2.07. The molecule has 0 aliphatic carbocycles. The Morgan fingerprint density at radius 1 is 1.20 bits per heavy atom. The summed E-state index contributed by atoms with van der Waals surface area (Å²) in [6.07, 6.45) is 2.71. The summed E-state index contributed by atoms with van der Waals surface area (Å²) in [4.78, 5) is 14.9. The maximum Gasteiger partial charge on any atom is 0.124 e. The Labute approximate surface area is 118 Å². The highest BCUT2D eigenvalue weighted by molar-refractivity contribution is 5.54. The van der Waals surface area contributed by atoms with E-state index in [1.165, 1.54) is 0 Å². The molecule has 2 rings (SSSR count). The van der Waals surface area contributed by atoms with Crippen molar-refractivity contribution in [3.05, 3.63) is 59.4 Å². The lowest BCUT2D eigenvalue weighted by Gasteiger charge is -2.16. The zero-order valence-electron chi connectivity index (χ0n) is 11.6. The monoisotopic (exact) mass is 271 g/mol. The summed E-state index contributed by atoms with van der Waals surface area (Å²) < 4.78 is 10.7. The Morgan fingerprint density at radius 2 is 1.95 bits per heavy atom. The van der Waals surface area contributed by atoms with Crippen LogP contribution in [0.4, 0.5) is 0 Å². The van der Waals surface area contributed by atoms with Crippen LogP contribution >= 0.6 is 0 Å². The number of methoxy groups -OCH3 is 2. The molecule has 4 heteroatoms. The number of nitrogens with zero attached hydrogens (tertiary/aromatic N) is 1. The van der Waals surface area contributed by atoms with Crippen molar-refractivity contribution in [1.82, 2.24) is 4.98 Å². The van der Waals surface area contributed by atoms with Crippen molar-refractivity contribution < 1.29 is 14.3 Å². The molecule has 0 bridgehead atoms. The smallest absolute Gasteiger partial charge is 0.124 e. The third-order valence-corrected chi connectivity index (χ3v) is 3.09. The number of aromatic nitrogens is 1. The average molecular weight is 271 g/mol. The largest absolute Gasteiger partial charge is 0.497 e. The number of hydrogen-bond acceptors (Lipinski definition) is 4. The van der Waals surface area contributed by atoms with Crippen molar-refractivity contribution in [1.29, 1.82) is 0 Å². The molecule has 0 saturated heterocycles. The molecule has 0 aliphatic rings. The van der Waals surface area contributed by atoms with E-state index in [0.717, 1.165) is 28.9 Å². The number of pyridine rings is 1. The van der Waals surface area contributed by atoms with Crippen LogP contribution in [0.1, 0.15) is 22.9 Å². The first-order valence-corrected chi connectivity index (χ1v) is 6.33. The van der Waals surface area contributed by atoms with Crippen LogP contribution in [0.2, 0.25) is 0 Å². The van der Waals surface area contributed by atoms with Gasteiger partial charge in [-0.25, -0.2) is 0 Å². The van der Waals surface area contributed by atoms with Gasteiger partial charge in [0.25, 0.3) is 0 Å². The Hall–Kier alpha value is -2.20. The fourth-order valence-corrected chi connectivity index (χ4v) is 2.07. The second-order valence-electron chi connectivity index (χ2n) is 4.35. The minimum Gasteiger partial charge on any atom is -0.497 e. The Balaban J connectivity index is 2.30. The van der Waals surface area contributed by atoms with Crippen LogP contribution in [-0.2, 0) is 16.0 Å². The van der Waals surface area contributed by atoms with Crippen LogP contribution in [-0.4, -0.2) is 25.5 Å². The molecule has 1 aromatic heterocycles. The van der Waals surface area contributed by atoms with Crippen LogP contribution in [0.25, 0.3) is 0 Å². The van der Waals surface area contributed by atoms with Gasteiger partial charge >= 0.3 is 0 Å². The van der Waals surface area contributed by atoms with E-state index >= 15 is 0 Å². The van der Waals surface area contributed by atoms with E-state index in [9.17, 15) is 4.79 Å². The van der Waals surface area contributed by atoms with E-state index in [0.29, 0.717) is 6.42 Å². The topological polar surface area (TPSA) is 48.4 Å². The Morgan fingerprint density at radius 3 is 2.55 bits per heavy atom. The lowest BCUT2D eigenvalue weighted by atomic mass is 10.0. The van der Waals surface area contributed by atoms with E-state index in [-0.39, 0.29) is 6.10 Å². The summed E-state index contributed by atoms with van der Waals surface area (Å²) in [5, 5.41) is 0. The van der Waals surface area contributed by atoms with Gasteiger partial charge in [0.05, 0.1) is 12.8 Å². The quantitative estimate of drug-likeness (QED) is 0.758. The normalized spacial score (nSPS) is 11.9. The molecular weight excluding hydrogens is 254 g/mol. The highest BCUT2D eigenvalue weighted by Gasteiger charge is 2.15.